The molecule has 104 valence electrons. The van der Waals surface area contributed by atoms with Crippen molar-refractivity contribution in [3.63, 3.8) is 0 Å². The molecule has 3 heterocycles. The third-order valence-corrected chi connectivity index (χ3v) is 3.49. The monoisotopic (exact) mass is 289 g/mol. The van der Waals surface area contributed by atoms with Crippen LogP contribution in [0.15, 0.2) is 30.7 Å². The summed E-state index contributed by atoms with van der Waals surface area (Å²) in [6.45, 7) is 2.75. The molecule has 6 heteroatoms. The van der Waals surface area contributed by atoms with Crippen molar-refractivity contribution < 1.29 is 0 Å². The van der Waals surface area contributed by atoms with Gasteiger partial charge < -0.3 is 4.57 Å². The topological polar surface area (TPSA) is 48.5 Å². The van der Waals surface area contributed by atoms with Crippen molar-refractivity contribution in [2.45, 2.75) is 25.3 Å². The summed E-state index contributed by atoms with van der Waals surface area (Å²) in [5, 5.41) is 4.27. The molecule has 0 bridgehead atoms. The van der Waals surface area contributed by atoms with Crippen molar-refractivity contribution >= 4 is 22.6 Å². The Kier molecular flexibility index (Phi) is 3.44. The number of halogens is 1. The third-order valence-electron chi connectivity index (χ3n) is 3.30. The van der Waals surface area contributed by atoms with Crippen molar-refractivity contribution in [1.82, 2.24) is 24.3 Å². The van der Waals surface area contributed by atoms with Crippen LogP contribution in [-0.2, 0) is 20.0 Å². The Balaban J connectivity index is 1.94. The molecular formula is C14H16ClN5. The Morgan fingerprint density at radius 1 is 1.35 bits per heavy atom. The number of alkyl halides is 1. The standard InChI is InChI=1S/C14H16ClN5/c1-10(15)14-17-12-9-16-6-3-13(12)20(14)8-5-11-4-7-19(2)18-11/h3-4,6-7,9-10H,5,8H2,1-2H3. The normalized spacial score (nSPS) is 12.9. The molecule has 0 amide bonds. The van der Waals surface area contributed by atoms with Gasteiger partial charge in [0.1, 0.15) is 11.3 Å². The van der Waals surface area contributed by atoms with Crippen molar-refractivity contribution in [3.05, 3.63) is 42.2 Å². The minimum atomic E-state index is -0.133. The summed E-state index contributed by atoms with van der Waals surface area (Å²) in [6.07, 6.45) is 6.36. The van der Waals surface area contributed by atoms with E-state index in [2.05, 4.69) is 19.6 Å². The van der Waals surface area contributed by atoms with Gasteiger partial charge in [0.15, 0.2) is 0 Å². The quantitative estimate of drug-likeness (QED) is 0.694. The number of hydrogen-bond donors (Lipinski definition) is 0. The summed E-state index contributed by atoms with van der Waals surface area (Å²) in [7, 11) is 1.92. The minimum absolute atomic E-state index is 0.133. The summed E-state index contributed by atoms with van der Waals surface area (Å²) in [4.78, 5) is 8.69. The molecule has 0 aliphatic rings. The molecule has 3 rings (SSSR count). The van der Waals surface area contributed by atoms with Crippen LogP contribution >= 0.6 is 11.6 Å². The van der Waals surface area contributed by atoms with E-state index in [0.29, 0.717) is 0 Å². The fourth-order valence-electron chi connectivity index (χ4n) is 2.36. The molecule has 0 aliphatic carbocycles. The van der Waals surface area contributed by atoms with E-state index in [-0.39, 0.29) is 5.38 Å². The Bertz CT molecular complexity index is 728. The van der Waals surface area contributed by atoms with Crippen LogP contribution in [0, 0.1) is 0 Å². The van der Waals surface area contributed by atoms with E-state index in [0.717, 1.165) is 35.5 Å². The summed E-state index contributed by atoms with van der Waals surface area (Å²) < 4.78 is 3.97. The Morgan fingerprint density at radius 2 is 2.20 bits per heavy atom. The van der Waals surface area contributed by atoms with E-state index in [4.69, 9.17) is 11.6 Å². The molecule has 0 saturated heterocycles. The van der Waals surface area contributed by atoms with E-state index in [9.17, 15) is 0 Å². The second-order valence-electron chi connectivity index (χ2n) is 4.83. The van der Waals surface area contributed by atoms with Gasteiger partial charge in [0, 0.05) is 32.4 Å². The van der Waals surface area contributed by atoms with Gasteiger partial charge in [-0.15, -0.1) is 11.6 Å². The zero-order valence-corrected chi connectivity index (χ0v) is 12.2. The van der Waals surface area contributed by atoms with Gasteiger partial charge in [0.05, 0.1) is 22.8 Å². The molecule has 3 aromatic heterocycles. The Labute approximate surface area is 122 Å². The van der Waals surface area contributed by atoms with Gasteiger partial charge in [-0.2, -0.15) is 5.10 Å². The molecule has 0 radical (unpaired) electrons. The average molecular weight is 290 g/mol. The van der Waals surface area contributed by atoms with Crippen molar-refractivity contribution in [1.29, 1.82) is 0 Å². The molecule has 0 spiro atoms. The predicted octanol–water partition coefficient (Wildman–Crippen LogP) is 2.71. The second-order valence-corrected chi connectivity index (χ2v) is 5.49. The summed E-state index contributed by atoms with van der Waals surface area (Å²) in [5.41, 5.74) is 3.02. The predicted molar refractivity (Wildman–Crippen MR) is 78.7 cm³/mol. The number of aryl methyl sites for hydroxylation is 3. The number of nitrogens with zero attached hydrogens (tertiary/aromatic N) is 5. The highest BCUT2D eigenvalue weighted by Gasteiger charge is 2.15. The third kappa shape index (κ3) is 2.41. The van der Waals surface area contributed by atoms with Gasteiger partial charge in [-0.25, -0.2) is 4.98 Å². The van der Waals surface area contributed by atoms with Gasteiger partial charge in [-0.05, 0) is 19.1 Å². The maximum Gasteiger partial charge on any atom is 0.127 e. The molecule has 0 fully saturated rings. The summed E-state index contributed by atoms with van der Waals surface area (Å²) >= 11 is 6.24. The molecule has 1 unspecified atom stereocenters. The Morgan fingerprint density at radius 3 is 2.90 bits per heavy atom. The molecule has 20 heavy (non-hydrogen) atoms. The molecule has 0 saturated carbocycles. The second kappa shape index (κ2) is 5.25. The first kappa shape index (κ1) is 13.1. The van der Waals surface area contributed by atoms with E-state index in [1.165, 1.54) is 0 Å². The van der Waals surface area contributed by atoms with E-state index < -0.39 is 0 Å². The fourth-order valence-corrected chi connectivity index (χ4v) is 2.53. The smallest absolute Gasteiger partial charge is 0.127 e. The lowest BCUT2D eigenvalue weighted by molar-refractivity contribution is 0.646. The highest BCUT2D eigenvalue weighted by molar-refractivity contribution is 6.20. The molecule has 0 N–H and O–H groups in total. The lowest BCUT2D eigenvalue weighted by Gasteiger charge is -2.09. The van der Waals surface area contributed by atoms with Crippen molar-refractivity contribution in [2.24, 2.45) is 7.05 Å². The number of fused-ring (bicyclic) bond motifs is 1. The van der Waals surface area contributed by atoms with Gasteiger partial charge in [0.2, 0.25) is 0 Å². The van der Waals surface area contributed by atoms with E-state index in [1.54, 1.807) is 12.4 Å². The lowest BCUT2D eigenvalue weighted by atomic mass is 10.3. The molecule has 1 atom stereocenters. The highest BCUT2D eigenvalue weighted by atomic mass is 35.5. The first-order chi connectivity index (χ1) is 9.65. The van der Waals surface area contributed by atoms with Crippen molar-refractivity contribution in [2.75, 3.05) is 0 Å². The maximum atomic E-state index is 6.24. The summed E-state index contributed by atoms with van der Waals surface area (Å²) in [5.74, 6) is 0.880. The molecule has 3 aromatic rings. The number of pyridine rings is 1. The van der Waals surface area contributed by atoms with Gasteiger partial charge in [-0.1, -0.05) is 0 Å². The SMILES string of the molecule is CC(Cl)c1nc2cnccc2n1CCc1ccn(C)n1. The van der Waals surface area contributed by atoms with Crippen LogP contribution < -0.4 is 0 Å². The molecule has 0 aliphatic heterocycles. The molecular weight excluding hydrogens is 274 g/mol. The Hall–Kier alpha value is -1.88. The first-order valence-electron chi connectivity index (χ1n) is 6.58. The van der Waals surface area contributed by atoms with Crippen LogP contribution in [0.5, 0.6) is 0 Å². The maximum absolute atomic E-state index is 6.24. The highest BCUT2D eigenvalue weighted by Crippen LogP contribution is 2.24. The van der Waals surface area contributed by atoms with Crippen molar-refractivity contribution in [3.8, 4) is 0 Å². The van der Waals surface area contributed by atoms with Crippen LogP contribution in [0.25, 0.3) is 11.0 Å². The lowest BCUT2D eigenvalue weighted by Crippen LogP contribution is -2.07. The van der Waals surface area contributed by atoms with E-state index in [1.807, 2.05) is 37.0 Å². The van der Waals surface area contributed by atoms with Gasteiger partial charge >= 0.3 is 0 Å². The molecule has 0 aromatic carbocycles. The number of aromatic nitrogens is 5. The zero-order valence-electron chi connectivity index (χ0n) is 11.5. The number of rotatable bonds is 4. The van der Waals surface area contributed by atoms with Crippen LogP contribution in [0.4, 0.5) is 0 Å². The zero-order chi connectivity index (χ0) is 14.1. The fraction of sp³-hybridized carbons (Fsp3) is 0.357. The largest absolute Gasteiger partial charge is 0.326 e. The van der Waals surface area contributed by atoms with Crippen LogP contribution in [0.1, 0.15) is 23.8 Å². The van der Waals surface area contributed by atoms with E-state index >= 15 is 0 Å². The minimum Gasteiger partial charge on any atom is -0.326 e. The average Bonchev–Trinajstić information content (AvgIpc) is 3.00. The van der Waals surface area contributed by atoms with Gasteiger partial charge in [-0.3, -0.25) is 9.67 Å². The van der Waals surface area contributed by atoms with Crippen LogP contribution in [0.3, 0.4) is 0 Å². The van der Waals surface area contributed by atoms with Gasteiger partial charge in [0.25, 0.3) is 0 Å². The number of imidazole rings is 1. The first-order valence-corrected chi connectivity index (χ1v) is 7.01. The molecule has 5 nitrogen and oxygen atoms in total. The number of hydrogen-bond acceptors (Lipinski definition) is 3. The van der Waals surface area contributed by atoms with Crippen LogP contribution in [0.2, 0.25) is 0 Å². The summed E-state index contributed by atoms with van der Waals surface area (Å²) in [6, 6.07) is 4.01. The van der Waals surface area contributed by atoms with Crippen LogP contribution in [-0.4, -0.2) is 24.3 Å².